The summed E-state index contributed by atoms with van der Waals surface area (Å²) in [6, 6.07) is 0.125. The van der Waals surface area contributed by atoms with Crippen LogP contribution in [0.5, 0.6) is 0 Å². The summed E-state index contributed by atoms with van der Waals surface area (Å²) in [5.41, 5.74) is 5.96. The van der Waals surface area contributed by atoms with E-state index in [1.54, 1.807) is 24.0 Å². The molecule has 16 heavy (non-hydrogen) atoms. The molecular weight excluding hydrogens is 204 g/mol. The zero-order valence-corrected chi connectivity index (χ0v) is 9.76. The molecule has 2 N–H and O–H groups in total. The number of aromatic nitrogens is 2. The Labute approximate surface area is 94.9 Å². The Balaban J connectivity index is 2.25. The number of rotatable bonds is 1. The average Bonchev–Trinajstić information content (AvgIpc) is 2.26. The van der Waals surface area contributed by atoms with Crippen molar-refractivity contribution < 1.29 is 0 Å². The average molecular weight is 222 g/mol. The molecule has 0 aliphatic carbocycles. The zero-order valence-electron chi connectivity index (χ0n) is 9.76. The largest absolute Gasteiger partial charge is 0.350 e. The van der Waals surface area contributed by atoms with Crippen LogP contribution in [0.3, 0.4) is 0 Å². The summed E-state index contributed by atoms with van der Waals surface area (Å²) in [7, 11) is 1.74. The van der Waals surface area contributed by atoms with E-state index in [1.807, 2.05) is 4.90 Å². The van der Waals surface area contributed by atoms with Crippen molar-refractivity contribution >= 4 is 5.82 Å². The third-order valence-corrected chi connectivity index (χ3v) is 3.31. The molecule has 2 rings (SSSR count). The Bertz CT molecular complexity index is 428. The normalized spacial score (nSPS) is 25.8. The summed E-state index contributed by atoms with van der Waals surface area (Å²) < 4.78 is 1.55. The second-order valence-electron chi connectivity index (χ2n) is 4.54. The summed E-state index contributed by atoms with van der Waals surface area (Å²) in [5, 5.41) is 0. The van der Waals surface area contributed by atoms with E-state index in [0.717, 1.165) is 13.0 Å². The van der Waals surface area contributed by atoms with E-state index in [2.05, 4.69) is 11.9 Å². The Kier molecular flexibility index (Phi) is 2.96. The summed E-state index contributed by atoms with van der Waals surface area (Å²) in [4.78, 5) is 18.0. The molecule has 0 amide bonds. The molecule has 0 saturated carbocycles. The second kappa shape index (κ2) is 4.25. The Morgan fingerprint density at radius 1 is 1.56 bits per heavy atom. The first-order chi connectivity index (χ1) is 7.59. The fourth-order valence-electron chi connectivity index (χ4n) is 1.99. The van der Waals surface area contributed by atoms with Gasteiger partial charge >= 0.3 is 0 Å². The zero-order chi connectivity index (χ0) is 11.7. The van der Waals surface area contributed by atoms with Crippen molar-refractivity contribution in [3.8, 4) is 0 Å². The number of nitrogens with two attached hydrogens (primary N) is 1. The van der Waals surface area contributed by atoms with Gasteiger partial charge in [0.05, 0.1) is 0 Å². The van der Waals surface area contributed by atoms with Gasteiger partial charge in [0.25, 0.3) is 5.56 Å². The van der Waals surface area contributed by atoms with Crippen LogP contribution in [0.15, 0.2) is 17.2 Å². The molecule has 88 valence electrons. The number of aryl methyl sites for hydroxylation is 1. The van der Waals surface area contributed by atoms with Gasteiger partial charge in [-0.25, -0.2) is 4.98 Å². The summed E-state index contributed by atoms with van der Waals surface area (Å²) in [5.74, 6) is 1.04. The maximum atomic E-state index is 11.9. The van der Waals surface area contributed by atoms with Gasteiger partial charge in [-0.1, -0.05) is 6.92 Å². The third kappa shape index (κ3) is 1.95. The van der Waals surface area contributed by atoms with Crippen molar-refractivity contribution in [2.45, 2.75) is 19.4 Å². The smallest absolute Gasteiger partial charge is 0.293 e. The SMILES string of the molecule is CC1CCN(c2nccn(C)c2=O)CC1N. The lowest BCUT2D eigenvalue weighted by Gasteiger charge is -2.35. The first kappa shape index (κ1) is 11.1. The minimum absolute atomic E-state index is 0.0516. The molecule has 1 fully saturated rings. The van der Waals surface area contributed by atoms with Crippen LogP contribution in [0, 0.1) is 5.92 Å². The lowest BCUT2D eigenvalue weighted by Crippen LogP contribution is -2.49. The van der Waals surface area contributed by atoms with Crippen molar-refractivity contribution in [3.63, 3.8) is 0 Å². The molecule has 2 heterocycles. The number of anilines is 1. The molecule has 0 aromatic carbocycles. The molecule has 0 radical (unpaired) electrons. The molecule has 1 aromatic rings. The Morgan fingerprint density at radius 3 is 3.00 bits per heavy atom. The van der Waals surface area contributed by atoms with Gasteiger partial charge in [-0.05, 0) is 12.3 Å². The van der Waals surface area contributed by atoms with Gasteiger partial charge in [0.15, 0.2) is 5.82 Å². The molecule has 1 aliphatic heterocycles. The molecule has 5 nitrogen and oxygen atoms in total. The highest BCUT2D eigenvalue weighted by atomic mass is 16.1. The van der Waals surface area contributed by atoms with E-state index in [9.17, 15) is 4.79 Å². The van der Waals surface area contributed by atoms with E-state index in [-0.39, 0.29) is 11.6 Å². The van der Waals surface area contributed by atoms with Crippen molar-refractivity contribution in [1.82, 2.24) is 9.55 Å². The number of piperidine rings is 1. The second-order valence-corrected chi connectivity index (χ2v) is 4.54. The Hall–Kier alpha value is -1.36. The standard InChI is InChI=1S/C11H18N4O/c1-8-3-5-15(7-9(8)12)10-11(16)14(2)6-4-13-10/h4,6,8-9H,3,5,7,12H2,1-2H3. The Morgan fingerprint density at radius 2 is 2.31 bits per heavy atom. The summed E-state index contributed by atoms with van der Waals surface area (Å²) in [6.45, 7) is 3.73. The third-order valence-electron chi connectivity index (χ3n) is 3.31. The maximum absolute atomic E-state index is 11.9. The molecule has 5 heteroatoms. The van der Waals surface area contributed by atoms with Crippen LogP contribution in [-0.4, -0.2) is 28.7 Å². The molecule has 1 aromatic heterocycles. The first-order valence-electron chi connectivity index (χ1n) is 5.61. The fourth-order valence-corrected chi connectivity index (χ4v) is 1.99. The van der Waals surface area contributed by atoms with Crippen LogP contribution in [0.1, 0.15) is 13.3 Å². The van der Waals surface area contributed by atoms with Gasteiger partial charge in [-0.15, -0.1) is 0 Å². The minimum Gasteiger partial charge on any atom is -0.350 e. The molecule has 0 spiro atoms. The maximum Gasteiger partial charge on any atom is 0.293 e. The van der Waals surface area contributed by atoms with Crippen LogP contribution in [-0.2, 0) is 7.05 Å². The van der Waals surface area contributed by atoms with Gasteiger partial charge in [0.1, 0.15) is 0 Å². The highest BCUT2D eigenvalue weighted by Gasteiger charge is 2.25. The molecule has 1 saturated heterocycles. The van der Waals surface area contributed by atoms with Gasteiger partial charge in [-0.3, -0.25) is 4.79 Å². The highest BCUT2D eigenvalue weighted by Crippen LogP contribution is 2.18. The number of hydrogen-bond acceptors (Lipinski definition) is 4. The van der Waals surface area contributed by atoms with Crippen LogP contribution < -0.4 is 16.2 Å². The van der Waals surface area contributed by atoms with Crippen LogP contribution in [0.25, 0.3) is 0 Å². The number of nitrogens with zero attached hydrogens (tertiary/aromatic N) is 3. The summed E-state index contributed by atoms with van der Waals surface area (Å²) >= 11 is 0. The van der Waals surface area contributed by atoms with Crippen LogP contribution in [0.4, 0.5) is 5.82 Å². The van der Waals surface area contributed by atoms with E-state index in [4.69, 9.17) is 5.73 Å². The van der Waals surface area contributed by atoms with E-state index in [1.165, 1.54) is 0 Å². The van der Waals surface area contributed by atoms with Gasteiger partial charge in [0, 0.05) is 38.6 Å². The van der Waals surface area contributed by atoms with Crippen LogP contribution in [0.2, 0.25) is 0 Å². The van der Waals surface area contributed by atoms with Gasteiger partial charge in [-0.2, -0.15) is 0 Å². The molecule has 2 atom stereocenters. The first-order valence-corrected chi connectivity index (χ1v) is 5.61. The minimum atomic E-state index is -0.0516. The molecule has 1 aliphatic rings. The van der Waals surface area contributed by atoms with E-state index < -0.39 is 0 Å². The lowest BCUT2D eigenvalue weighted by molar-refractivity contribution is 0.377. The molecule has 2 unspecified atom stereocenters. The monoisotopic (exact) mass is 222 g/mol. The number of hydrogen-bond donors (Lipinski definition) is 1. The predicted octanol–water partition coefficient (Wildman–Crippen LogP) is -0.0462. The van der Waals surface area contributed by atoms with Gasteiger partial charge in [0.2, 0.25) is 0 Å². The van der Waals surface area contributed by atoms with Crippen molar-refractivity contribution in [2.75, 3.05) is 18.0 Å². The predicted molar refractivity (Wildman–Crippen MR) is 63.4 cm³/mol. The van der Waals surface area contributed by atoms with Crippen molar-refractivity contribution in [2.24, 2.45) is 18.7 Å². The van der Waals surface area contributed by atoms with Crippen molar-refractivity contribution in [1.29, 1.82) is 0 Å². The van der Waals surface area contributed by atoms with E-state index >= 15 is 0 Å². The lowest BCUT2D eigenvalue weighted by atomic mass is 9.94. The quantitative estimate of drug-likeness (QED) is 0.724. The summed E-state index contributed by atoms with van der Waals surface area (Å²) in [6.07, 6.45) is 4.33. The molecule has 0 bridgehead atoms. The van der Waals surface area contributed by atoms with Gasteiger partial charge < -0.3 is 15.2 Å². The fraction of sp³-hybridized carbons (Fsp3) is 0.636. The molecular formula is C11H18N4O. The topological polar surface area (TPSA) is 64.2 Å². The van der Waals surface area contributed by atoms with Crippen LogP contribution >= 0.6 is 0 Å². The van der Waals surface area contributed by atoms with E-state index in [0.29, 0.717) is 18.3 Å². The highest BCUT2D eigenvalue weighted by molar-refractivity contribution is 5.36. The van der Waals surface area contributed by atoms with Crippen molar-refractivity contribution in [3.05, 3.63) is 22.7 Å².